The molecule has 0 bridgehead atoms. The summed E-state index contributed by atoms with van der Waals surface area (Å²) in [6.45, 7) is 1.38. The van der Waals surface area contributed by atoms with Crippen LogP contribution in [0, 0.1) is 0 Å². The van der Waals surface area contributed by atoms with E-state index in [2.05, 4.69) is 16.2 Å². The number of ether oxygens (including phenoxy) is 1. The van der Waals surface area contributed by atoms with Crippen molar-refractivity contribution in [3.05, 3.63) is 58.6 Å². The fourth-order valence-electron chi connectivity index (χ4n) is 4.25. The van der Waals surface area contributed by atoms with Crippen LogP contribution in [0.4, 0.5) is 0 Å². The number of benzene rings is 2. The van der Waals surface area contributed by atoms with Crippen LogP contribution in [0.3, 0.4) is 0 Å². The van der Waals surface area contributed by atoms with Gasteiger partial charge in [-0.1, -0.05) is 42.3 Å². The molecule has 2 unspecified atom stereocenters. The second-order valence-electron chi connectivity index (χ2n) is 8.31. The molecule has 2 atom stereocenters. The Bertz CT molecular complexity index is 1110. The normalized spacial score (nSPS) is 21.6. The van der Waals surface area contributed by atoms with Crippen LogP contribution >= 0.6 is 11.6 Å². The van der Waals surface area contributed by atoms with E-state index in [1.54, 1.807) is 18.2 Å². The fourth-order valence-corrected chi connectivity index (χ4v) is 6.16. The van der Waals surface area contributed by atoms with Gasteiger partial charge in [0.1, 0.15) is 16.7 Å². The first kappa shape index (κ1) is 24.0. The van der Waals surface area contributed by atoms with E-state index in [4.69, 9.17) is 16.3 Å². The third-order valence-corrected chi connectivity index (χ3v) is 8.44. The van der Waals surface area contributed by atoms with Crippen molar-refractivity contribution in [3.8, 4) is 5.75 Å². The van der Waals surface area contributed by atoms with Crippen LogP contribution in [0.5, 0.6) is 5.75 Å². The van der Waals surface area contributed by atoms with Crippen LogP contribution in [-0.2, 0) is 21.4 Å². The Morgan fingerprint density at radius 3 is 2.64 bits per heavy atom. The number of rotatable bonds is 7. The molecule has 2 aliphatic heterocycles. The van der Waals surface area contributed by atoms with E-state index < -0.39 is 16.1 Å². The minimum Gasteiger partial charge on any atom is -0.495 e. The highest BCUT2D eigenvalue weighted by Gasteiger charge is 2.33. The lowest BCUT2D eigenvalue weighted by Gasteiger charge is -2.27. The van der Waals surface area contributed by atoms with Crippen molar-refractivity contribution in [2.45, 2.75) is 49.2 Å². The quantitative estimate of drug-likeness (QED) is 0.549. The number of sulfonamides is 1. The van der Waals surface area contributed by atoms with Crippen molar-refractivity contribution < 1.29 is 17.9 Å². The van der Waals surface area contributed by atoms with Gasteiger partial charge in [-0.05, 0) is 48.6 Å². The molecular formula is C23H29ClN4O4S. The average molecular weight is 493 g/mol. The molecule has 2 aromatic carbocycles. The van der Waals surface area contributed by atoms with Gasteiger partial charge in [-0.2, -0.15) is 4.31 Å². The average Bonchev–Trinajstić information content (AvgIpc) is 3.34. The fraction of sp³-hybridized carbons (Fsp3) is 0.435. The third-order valence-electron chi connectivity index (χ3n) is 6.15. The van der Waals surface area contributed by atoms with E-state index in [0.29, 0.717) is 36.8 Å². The summed E-state index contributed by atoms with van der Waals surface area (Å²) in [5.74, 6) is 0.170. The minimum atomic E-state index is -3.66. The highest BCUT2D eigenvalue weighted by atomic mass is 35.5. The van der Waals surface area contributed by atoms with E-state index >= 15 is 0 Å². The molecule has 2 saturated heterocycles. The van der Waals surface area contributed by atoms with Gasteiger partial charge in [-0.25, -0.2) is 19.3 Å². The number of hydrazine groups is 1. The second-order valence-corrected chi connectivity index (χ2v) is 10.6. The Labute approximate surface area is 199 Å². The molecule has 0 aliphatic carbocycles. The summed E-state index contributed by atoms with van der Waals surface area (Å²) < 4.78 is 33.5. The molecule has 2 aliphatic rings. The number of nitrogens with zero attached hydrogens (tertiary/aromatic N) is 1. The molecule has 33 heavy (non-hydrogen) atoms. The zero-order chi connectivity index (χ0) is 23.4. The second kappa shape index (κ2) is 10.4. The molecule has 178 valence electrons. The Kier molecular flexibility index (Phi) is 7.55. The van der Waals surface area contributed by atoms with Crippen LogP contribution < -0.4 is 20.9 Å². The van der Waals surface area contributed by atoms with E-state index in [1.165, 1.54) is 11.4 Å². The van der Waals surface area contributed by atoms with Crippen molar-refractivity contribution in [1.82, 2.24) is 20.5 Å². The predicted molar refractivity (Wildman–Crippen MR) is 126 cm³/mol. The van der Waals surface area contributed by atoms with Gasteiger partial charge in [0.05, 0.1) is 7.11 Å². The van der Waals surface area contributed by atoms with Crippen LogP contribution in [0.15, 0.2) is 47.4 Å². The number of halogens is 1. The number of amides is 1. The first-order valence-corrected chi connectivity index (χ1v) is 12.9. The van der Waals surface area contributed by atoms with Gasteiger partial charge in [0, 0.05) is 30.7 Å². The molecule has 0 radical (unpaired) electrons. The largest absolute Gasteiger partial charge is 0.495 e. The van der Waals surface area contributed by atoms with Crippen LogP contribution in [0.1, 0.15) is 42.9 Å². The lowest BCUT2D eigenvalue weighted by molar-refractivity contribution is -0.123. The number of nitrogens with one attached hydrogen (secondary N) is 3. The highest BCUT2D eigenvalue weighted by molar-refractivity contribution is 7.89. The number of carbonyl (C=O) groups excluding carboxylic acids is 1. The molecule has 2 heterocycles. The Hall–Kier alpha value is -2.17. The molecule has 4 rings (SSSR count). The molecule has 10 heteroatoms. The molecule has 0 spiro atoms. The zero-order valence-corrected chi connectivity index (χ0v) is 20.1. The summed E-state index contributed by atoms with van der Waals surface area (Å²) >= 11 is 6.16. The van der Waals surface area contributed by atoms with Crippen molar-refractivity contribution in [1.29, 1.82) is 0 Å². The highest BCUT2D eigenvalue weighted by Crippen LogP contribution is 2.33. The smallest absolute Gasteiger partial charge is 0.246 e. The molecule has 8 nitrogen and oxygen atoms in total. The molecule has 1 amide bonds. The number of carbonyl (C=O) groups is 1. The maximum absolute atomic E-state index is 13.3. The molecule has 3 N–H and O–H groups in total. The van der Waals surface area contributed by atoms with E-state index in [0.717, 1.165) is 30.4 Å². The van der Waals surface area contributed by atoms with Crippen LogP contribution in [-0.4, -0.2) is 44.9 Å². The number of hydrogen-bond acceptors (Lipinski definition) is 6. The number of hydrogen-bond donors (Lipinski definition) is 3. The number of piperidine rings is 1. The monoisotopic (exact) mass is 492 g/mol. The Morgan fingerprint density at radius 2 is 1.91 bits per heavy atom. The zero-order valence-electron chi connectivity index (χ0n) is 18.5. The van der Waals surface area contributed by atoms with Gasteiger partial charge in [0.2, 0.25) is 15.9 Å². The Morgan fingerprint density at radius 1 is 1.15 bits per heavy atom. The molecular weight excluding hydrogens is 464 g/mol. The van der Waals surface area contributed by atoms with Gasteiger partial charge in [0.25, 0.3) is 0 Å². The van der Waals surface area contributed by atoms with E-state index in [9.17, 15) is 13.2 Å². The van der Waals surface area contributed by atoms with Crippen LogP contribution in [0.25, 0.3) is 0 Å². The lowest BCUT2D eigenvalue weighted by Crippen LogP contribution is -2.42. The van der Waals surface area contributed by atoms with E-state index in [1.807, 2.05) is 24.3 Å². The molecule has 0 aromatic heterocycles. The van der Waals surface area contributed by atoms with Gasteiger partial charge < -0.3 is 10.1 Å². The lowest BCUT2D eigenvalue weighted by atomic mass is 10.0. The summed E-state index contributed by atoms with van der Waals surface area (Å²) in [7, 11) is -2.19. The van der Waals surface area contributed by atoms with Gasteiger partial charge in [0.15, 0.2) is 0 Å². The number of methoxy groups -OCH3 is 1. The maximum Gasteiger partial charge on any atom is 0.246 e. The van der Waals surface area contributed by atoms with Crippen LogP contribution in [0.2, 0.25) is 5.02 Å². The van der Waals surface area contributed by atoms with E-state index in [-0.39, 0.29) is 16.8 Å². The summed E-state index contributed by atoms with van der Waals surface area (Å²) in [5.41, 5.74) is 7.77. The summed E-state index contributed by atoms with van der Waals surface area (Å²) in [5, 5.41) is 3.51. The van der Waals surface area contributed by atoms with Crippen molar-refractivity contribution in [3.63, 3.8) is 0 Å². The summed E-state index contributed by atoms with van der Waals surface area (Å²) in [6.07, 6.45) is 3.24. The summed E-state index contributed by atoms with van der Waals surface area (Å²) in [4.78, 5) is 12.8. The van der Waals surface area contributed by atoms with Gasteiger partial charge >= 0.3 is 0 Å². The predicted octanol–water partition coefficient (Wildman–Crippen LogP) is 2.75. The van der Waals surface area contributed by atoms with Gasteiger partial charge in [-0.15, -0.1) is 0 Å². The maximum atomic E-state index is 13.3. The van der Waals surface area contributed by atoms with Crippen molar-refractivity contribution >= 4 is 27.5 Å². The first-order chi connectivity index (χ1) is 15.9. The van der Waals surface area contributed by atoms with Crippen molar-refractivity contribution in [2.75, 3.05) is 20.2 Å². The summed E-state index contributed by atoms with van der Waals surface area (Å²) in [6, 6.07) is 11.9. The molecule has 2 fully saturated rings. The molecule has 0 saturated carbocycles. The Balaban J connectivity index is 1.46. The molecule has 2 aromatic rings. The van der Waals surface area contributed by atoms with Crippen molar-refractivity contribution in [2.24, 2.45) is 0 Å². The standard InChI is InChI=1S/C23H29ClN4O4S/c1-32-21-10-9-16(13-22(21)33(30,31)28-11-5-2-6-12-28)19-14-20(27-26-19)23(29)25-15-17-7-3-4-8-18(17)24/h3-4,7-10,13,19-20,26-27H,2,5-6,11-12,14-15H2,1H3,(H,25,29). The third kappa shape index (κ3) is 5.33. The minimum absolute atomic E-state index is 0.153. The topological polar surface area (TPSA) is 99.8 Å². The SMILES string of the molecule is COc1ccc(C2CC(C(=O)NCc3ccccc3Cl)NN2)cc1S(=O)(=O)N1CCCCC1. The first-order valence-electron chi connectivity index (χ1n) is 11.1. The van der Waals surface area contributed by atoms with Gasteiger partial charge in [-0.3, -0.25) is 4.79 Å².